The highest BCUT2D eigenvalue weighted by molar-refractivity contribution is 9.10. The predicted molar refractivity (Wildman–Crippen MR) is 78.7 cm³/mol. The fourth-order valence-electron chi connectivity index (χ4n) is 2.18. The van der Waals surface area contributed by atoms with E-state index in [1.807, 2.05) is 38.1 Å². The predicted octanol–water partition coefficient (Wildman–Crippen LogP) is 2.96. The quantitative estimate of drug-likeness (QED) is 0.874. The summed E-state index contributed by atoms with van der Waals surface area (Å²) in [6.45, 7) is 3.83. The number of benzene rings is 1. The van der Waals surface area contributed by atoms with Crippen molar-refractivity contribution in [2.75, 3.05) is 0 Å². The summed E-state index contributed by atoms with van der Waals surface area (Å²) in [4.78, 5) is 12.0. The molecule has 0 aromatic heterocycles. The first-order valence-corrected chi connectivity index (χ1v) is 7.48. The van der Waals surface area contributed by atoms with Gasteiger partial charge in [-0.3, -0.25) is 4.79 Å². The number of nitrogens with one attached hydrogen (secondary N) is 1. The molecule has 0 radical (unpaired) electrons. The number of amides is 1. The van der Waals surface area contributed by atoms with Crippen LogP contribution in [-0.4, -0.2) is 17.1 Å². The van der Waals surface area contributed by atoms with Gasteiger partial charge in [-0.05, 0) is 30.4 Å². The second-order valence-corrected chi connectivity index (χ2v) is 6.48. The van der Waals surface area contributed by atoms with Crippen LogP contribution < -0.4 is 5.32 Å². The van der Waals surface area contributed by atoms with Crippen LogP contribution in [0, 0.1) is 5.92 Å². The Bertz CT molecular complexity index is 469. The van der Waals surface area contributed by atoms with Gasteiger partial charge >= 0.3 is 0 Å². The van der Waals surface area contributed by atoms with E-state index in [0.29, 0.717) is 0 Å². The Labute approximate surface area is 122 Å². The van der Waals surface area contributed by atoms with E-state index in [-0.39, 0.29) is 23.8 Å². The lowest BCUT2D eigenvalue weighted by Crippen LogP contribution is -2.37. The number of hydrogen-bond donors (Lipinski definition) is 2. The molecule has 0 heterocycles. The monoisotopic (exact) mass is 325 g/mol. The molecule has 1 saturated carbocycles. The van der Waals surface area contributed by atoms with Crippen molar-refractivity contribution in [3.63, 3.8) is 0 Å². The highest BCUT2D eigenvalue weighted by atomic mass is 79.9. The van der Waals surface area contributed by atoms with Crippen molar-refractivity contribution >= 4 is 21.8 Å². The molecule has 0 bridgehead atoms. The minimum absolute atomic E-state index is 0.0746. The molecule has 0 saturated heterocycles. The molecule has 1 unspecified atom stereocenters. The van der Waals surface area contributed by atoms with Crippen LogP contribution in [0.2, 0.25) is 0 Å². The summed E-state index contributed by atoms with van der Waals surface area (Å²) < 4.78 is 1.03. The van der Waals surface area contributed by atoms with E-state index in [2.05, 4.69) is 21.2 Å². The standard InChI is InChI=1S/C15H20BrNO2/c1-10(2)13(18)9-14(19)17-15(7-8-15)11-5-3-4-6-12(11)16/h3-6,10,13,18H,7-9H2,1-2H3,(H,17,19). The van der Waals surface area contributed by atoms with Gasteiger partial charge in [0.05, 0.1) is 18.1 Å². The van der Waals surface area contributed by atoms with Crippen molar-refractivity contribution in [1.82, 2.24) is 5.32 Å². The molecule has 1 aliphatic carbocycles. The van der Waals surface area contributed by atoms with E-state index in [1.54, 1.807) is 0 Å². The van der Waals surface area contributed by atoms with Gasteiger partial charge in [-0.25, -0.2) is 0 Å². The third kappa shape index (κ3) is 3.37. The normalized spacial score (nSPS) is 18.2. The van der Waals surface area contributed by atoms with Crippen LogP contribution in [0.25, 0.3) is 0 Å². The Morgan fingerprint density at radius 2 is 2.05 bits per heavy atom. The molecule has 2 N–H and O–H groups in total. The van der Waals surface area contributed by atoms with Crippen LogP contribution in [0.15, 0.2) is 28.7 Å². The largest absolute Gasteiger partial charge is 0.392 e. The van der Waals surface area contributed by atoms with Crippen molar-refractivity contribution in [1.29, 1.82) is 0 Å². The first kappa shape index (κ1) is 14.5. The summed E-state index contributed by atoms with van der Waals surface area (Å²) in [5.41, 5.74) is 0.899. The number of carbonyl (C=O) groups is 1. The van der Waals surface area contributed by atoms with Crippen LogP contribution in [-0.2, 0) is 10.3 Å². The number of rotatable bonds is 5. The van der Waals surface area contributed by atoms with Crippen molar-refractivity contribution in [3.8, 4) is 0 Å². The van der Waals surface area contributed by atoms with E-state index in [4.69, 9.17) is 0 Å². The molecule has 1 fully saturated rings. The minimum atomic E-state index is -0.574. The van der Waals surface area contributed by atoms with Crippen molar-refractivity contribution in [2.24, 2.45) is 5.92 Å². The Hall–Kier alpha value is -0.870. The van der Waals surface area contributed by atoms with E-state index in [9.17, 15) is 9.90 Å². The summed E-state index contributed by atoms with van der Waals surface area (Å²) in [7, 11) is 0. The molecule has 2 rings (SSSR count). The lowest BCUT2D eigenvalue weighted by molar-refractivity contribution is -0.124. The van der Waals surface area contributed by atoms with Crippen molar-refractivity contribution in [3.05, 3.63) is 34.3 Å². The topological polar surface area (TPSA) is 49.3 Å². The molecular weight excluding hydrogens is 306 g/mol. The minimum Gasteiger partial charge on any atom is -0.392 e. The Balaban J connectivity index is 2.03. The molecule has 1 aromatic carbocycles. The van der Waals surface area contributed by atoms with E-state index >= 15 is 0 Å². The fraction of sp³-hybridized carbons (Fsp3) is 0.533. The lowest BCUT2D eigenvalue weighted by atomic mass is 10.0. The van der Waals surface area contributed by atoms with E-state index in [0.717, 1.165) is 22.9 Å². The van der Waals surface area contributed by atoms with Gasteiger partial charge in [0.1, 0.15) is 0 Å². The van der Waals surface area contributed by atoms with Crippen molar-refractivity contribution in [2.45, 2.75) is 44.8 Å². The molecule has 1 aliphatic rings. The Morgan fingerprint density at radius 1 is 1.42 bits per heavy atom. The molecule has 1 amide bonds. The number of carbonyl (C=O) groups excluding carboxylic acids is 1. The van der Waals surface area contributed by atoms with Gasteiger partial charge in [0.15, 0.2) is 0 Å². The van der Waals surface area contributed by atoms with Crippen LogP contribution in [0.4, 0.5) is 0 Å². The Kier molecular flexibility index (Phi) is 4.31. The maximum absolute atomic E-state index is 12.0. The first-order chi connectivity index (χ1) is 8.94. The van der Waals surface area contributed by atoms with Gasteiger partial charge in [-0.2, -0.15) is 0 Å². The maximum atomic E-state index is 12.0. The second-order valence-electron chi connectivity index (χ2n) is 5.63. The van der Waals surface area contributed by atoms with Crippen LogP contribution in [0.1, 0.15) is 38.7 Å². The van der Waals surface area contributed by atoms with Gasteiger partial charge < -0.3 is 10.4 Å². The SMILES string of the molecule is CC(C)C(O)CC(=O)NC1(c2ccccc2Br)CC1. The fourth-order valence-corrected chi connectivity index (χ4v) is 2.84. The zero-order chi connectivity index (χ0) is 14.0. The van der Waals surface area contributed by atoms with Gasteiger partial charge in [-0.1, -0.05) is 48.0 Å². The van der Waals surface area contributed by atoms with E-state index in [1.165, 1.54) is 0 Å². The van der Waals surface area contributed by atoms with E-state index < -0.39 is 6.10 Å². The third-order valence-electron chi connectivity index (χ3n) is 3.68. The molecule has 0 spiro atoms. The lowest BCUT2D eigenvalue weighted by Gasteiger charge is -2.21. The second kappa shape index (κ2) is 5.63. The zero-order valence-corrected chi connectivity index (χ0v) is 12.9. The average Bonchev–Trinajstić information content (AvgIpc) is 3.09. The Morgan fingerprint density at radius 3 is 2.58 bits per heavy atom. The van der Waals surface area contributed by atoms with Gasteiger partial charge in [0.2, 0.25) is 5.91 Å². The zero-order valence-electron chi connectivity index (χ0n) is 11.3. The summed E-state index contributed by atoms with van der Waals surface area (Å²) in [6, 6.07) is 7.98. The number of aliphatic hydroxyl groups excluding tert-OH is 1. The maximum Gasteiger partial charge on any atom is 0.223 e. The summed E-state index contributed by atoms with van der Waals surface area (Å²) >= 11 is 3.54. The molecule has 19 heavy (non-hydrogen) atoms. The highest BCUT2D eigenvalue weighted by Gasteiger charge is 2.46. The number of halogens is 1. The van der Waals surface area contributed by atoms with Crippen LogP contribution in [0.3, 0.4) is 0 Å². The van der Waals surface area contributed by atoms with Crippen LogP contribution in [0.5, 0.6) is 0 Å². The number of aliphatic hydroxyl groups is 1. The molecule has 104 valence electrons. The van der Waals surface area contributed by atoms with Crippen molar-refractivity contribution < 1.29 is 9.90 Å². The molecule has 0 aliphatic heterocycles. The summed E-state index contributed by atoms with van der Waals surface area (Å²) in [5, 5.41) is 12.9. The summed E-state index contributed by atoms with van der Waals surface area (Å²) in [5.74, 6) is 0.0267. The molecular formula is C15H20BrNO2. The third-order valence-corrected chi connectivity index (χ3v) is 4.37. The summed E-state index contributed by atoms with van der Waals surface area (Å²) in [6.07, 6.45) is 1.51. The molecule has 1 aromatic rings. The average molecular weight is 326 g/mol. The van der Waals surface area contributed by atoms with Gasteiger partial charge in [0, 0.05) is 4.47 Å². The highest BCUT2D eigenvalue weighted by Crippen LogP contribution is 2.48. The smallest absolute Gasteiger partial charge is 0.223 e. The number of hydrogen-bond acceptors (Lipinski definition) is 2. The first-order valence-electron chi connectivity index (χ1n) is 6.69. The molecule has 1 atom stereocenters. The molecule has 4 heteroatoms. The molecule has 3 nitrogen and oxygen atoms in total. The van der Waals surface area contributed by atoms with Gasteiger partial charge in [-0.15, -0.1) is 0 Å². The van der Waals surface area contributed by atoms with Gasteiger partial charge in [0.25, 0.3) is 0 Å². The van der Waals surface area contributed by atoms with Crippen LogP contribution >= 0.6 is 15.9 Å².